The van der Waals surface area contributed by atoms with Crippen LogP contribution in [0.4, 0.5) is 0 Å². The number of likely N-dealkylation sites (tertiary alicyclic amines) is 2. The quantitative estimate of drug-likeness (QED) is 0.105. The number of primary amides is 1. The van der Waals surface area contributed by atoms with Crippen LogP contribution in [0.5, 0.6) is 0 Å². The lowest BCUT2D eigenvalue weighted by Crippen LogP contribution is -2.60. The summed E-state index contributed by atoms with van der Waals surface area (Å²) in [4.78, 5) is 103. The first kappa shape index (κ1) is 35.9. The number of hydrogen-bond acceptors (Lipinski definition) is 9. The smallest absolute Gasteiger partial charge is 0.245 e. The Morgan fingerprint density at radius 3 is 1.84 bits per heavy atom. The molecule has 8 amide bonds. The van der Waals surface area contributed by atoms with Crippen LogP contribution < -0.4 is 32.3 Å². The molecule has 0 saturated carbocycles. The minimum Gasteiger partial charge on any atom is -0.391 e. The second-order valence-electron chi connectivity index (χ2n) is 11.1. The Balaban J connectivity index is 2.03. The van der Waals surface area contributed by atoms with Gasteiger partial charge in [0.25, 0.3) is 0 Å². The number of hydrogen-bond donors (Lipinski definition) is 7. The van der Waals surface area contributed by atoms with Gasteiger partial charge < -0.3 is 47.2 Å². The van der Waals surface area contributed by atoms with Gasteiger partial charge in [0, 0.05) is 27.1 Å². The predicted octanol–water partition coefficient (Wildman–Crippen LogP) is -4.03. The van der Waals surface area contributed by atoms with Gasteiger partial charge in [-0.3, -0.25) is 38.4 Å². The predicted molar refractivity (Wildman–Crippen MR) is 154 cm³/mol. The molecule has 0 aliphatic carbocycles. The van der Waals surface area contributed by atoms with E-state index in [0.717, 1.165) is 0 Å². The lowest BCUT2D eigenvalue weighted by Gasteiger charge is -2.28. The summed E-state index contributed by atoms with van der Waals surface area (Å²) in [5, 5.41) is 22.2. The summed E-state index contributed by atoms with van der Waals surface area (Å²) < 4.78 is 0. The molecule has 246 valence electrons. The van der Waals surface area contributed by atoms with Gasteiger partial charge in [-0.2, -0.15) is 0 Å². The van der Waals surface area contributed by atoms with Gasteiger partial charge in [0.2, 0.25) is 47.3 Å². The van der Waals surface area contributed by atoms with E-state index < -0.39 is 84.2 Å². The molecular weight excluding hydrogens is 580 g/mol. The van der Waals surface area contributed by atoms with E-state index in [1.165, 1.54) is 44.5 Å². The zero-order chi connectivity index (χ0) is 33.3. The molecule has 2 rings (SSSR count). The van der Waals surface area contributed by atoms with Crippen molar-refractivity contribution in [1.29, 1.82) is 0 Å². The van der Waals surface area contributed by atoms with Gasteiger partial charge in [-0.05, 0) is 46.5 Å². The molecule has 2 aliphatic rings. The van der Waals surface area contributed by atoms with E-state index in [9.17, 15) is 43.5 Å². The van der Waals surface area contributed by atoms with Crippen molar-refractivity contribution in [3.63, 3.8) is 0 Å². The number of nitrogens with two attached hydrogens (primary N) is 1. The summed E-state index contributed by atoms with van der Waals surface area (Å²) in [6, 6.07) is -6.86. The van der Waals surface area contributed by atoms with Crippen molar-refractivity contribution in [2.45, 2.75) is 102 Å². The highest BCUT2D eigenvalue weighted by atomic mass is 16.3. The van der Waals surface area contributed by atoms with Crippen molar-refractivity contribution in [3.05, 3.63) is 0 Å². The maximum atomic E-state index is 13.0. The Kier molecular flexibility index (Phi) is 13.0. The van der Waals surface area contributed by atoms with Gasteiger partial charge in [-0.15, -0.1) is 0 Å². The molecule has 7 atom stereocenters. The molecule has 8 N–H and O–H groups in total. The standard InChI is InChI=1S/C27H44N8O9/c1-13(30-26(43)21(15(3)36)33-25(42)19-9-6-10-34(19)16(4)37)22(39)32-17(12-20(28)38)23(40)31-14(2)27(44)35-11-7-8-18(35)24(41)29-5/h13-15,17-19,21,36H,6-12H2,1-5H3,(H2,28,38)(H,29,41)(H,30,43)(H,31,40)(H,32,39)(H,33,42)/t13-,14-,15-,17-,18-,19-,21-/m0/s1. The number of carbonyl (C=O) groups excluding carboxylic acids is 8. The molecule has 17 nitrogen and oxygen atoms in total. The SMILES string of the molecule is CNC(=O)[C@@H]1CCCN1C(=O)[C@H](C)NC(=O)[C@H](CC(N)=O)NC(=O)[C@H](C)NC(=O)[C@@H](NC(=O)[C@@H]1CCCN1C(C)=O)[C@H](C)O. The molecule has 17 heteroatoms. The van der Waals surface area contributed by atoms with Crippen LogP contribution in [-0.4, -0.2) is 125 Å². The van der Waals surface area contributed by atoms with Crippen molar-refractivity contribution >= 4 is 47.3 Å². The molecule has 2 aliphatic heterocycles. The second kappa shape index (κ2) is 16.0. The minimum atomic E-state index is -1.50. The Morgan fingerprint density at radius 1 is 0.773 bits per heavy atom. The van der Waals surface area contributed by atoms with Crippen molar-refractivity contribution in [2.75, 3.05) is 20.1 Å². The van der Waals surface area contributed by atoms with E-state index in [1.807, 2.05) is 0 Å². The molecule has 44 heavy (non-hydrogen) atoms. The molecule has 2 saturated heterocycles. The van der Waals surface area contributed by atoms with Crippen LogP contribution in [0.25, 0.3) is 0 Å². The summed E-state index contributed by atoms with van der Waals surface area (Å²) in [6.45, 7) is 5.97. The topological polar surface area (TPSA) is 249 Å². The fourth-order valence-electron chi connectivity index (χ4n) is 5.24. The highest BCUT2D eigenvalue weighted by Gasteiger charge is 2.38. The van der Waals surface area contributed by atoms with Crippen LogP contribution in [-0.2, 0) is 38.4 Å². The van der Waals surface area contributed by atoms with E-state index in [1.54, 1.807) is 0 Å². The minimum absolute atomic E-state index is 0.302. The molecule has 0 unspecified atom stereocenters. The summed E-state index contributed by atoms with van der Waals surface area (Å²) >= 11 is 0. The molecule has 2 heterocycles. The molecule has 0 spiro atoms. The van der Waals surface area contributed by atoms with Crippen molar-refractivity contribution in [2.24, 2.45) is 5.73 Å². The highest BCUT2D eigenvalue weighted by molar-refractivity contribution is 5.98. The average Bonchev–Trinajstić information content (AvgIpc) is 3.64. The number of aliphatic hydroxyl groups excluding tert-OH is 1. The Morgan fingerprint density at radius 2 is 1.32 bits per heavy atom. The Labute approximate surface area is 255 Å². The number of amides is 8. The maximum absolute atomic E-state index is 13.0. The van der Waals surface area contributed by atoms with E-state index in [-0.39, 0.29) is 11.8 Å². The van der Waals surface area contributed by atoms with Crippen LogP contribution in [0.2, 0.25) is 0 Å². The largest absolute Gasteiger partial charge is 0.391 e. The summed E-state index contributed by atoms with van der Waals surface area (Å²) in [5.41, 5.74) is 5.27. The van der Waals surface area contributed by atoms with Crippen molar-refractivity contribution in [1.82, 2.24) is 36.4 Å². The van der Waals surface area contributed by atoms with E-state index in [2.05, 4.69) is 26.6 Å². The third-order valence-corrected chi connectivity index (χ3v) is 7.63. The third kappa shape index (κ3) is 9.36. The highest BCUT2D eigenvalue weighted by Crippen LogP contribution is 2.19. The molecule has 0 aromatic carbocycles. The monoisotopic (exact) mass is 624 g/mol. The fourth-order valence-corrected chi connectivity index (χ4v) is 5.24. The van der Waals surface area contributed by atoms with Gasteiger partial charge >= 0.3 is 0 Å². The van der Waals surface area contributed by atoms with Gasteiger partial charge in [0.05, 0.1) is 12.5 Å². The van der Waals surface area contributed by atoms with Crippen LogP contribution in [0.1, 0.15) is 59.8 Å². The number of nitrogens with one attached hydrogen (secondary N) is 5. The molecule has 2 fully saturated rings. The van der Waals surface area contributed by atoms with E-state index in [4.69, 9.17) is 5.73 Å². The van der Waals surface area contributed by atoms with E-state index >= 15 is 0 Å². The first-order chi connectivity index (χ1) is 20.6. The Hall–Kier alpha value is -4.28. The van der Waals surface area contributed by atoms with Gasteiger partial charge in [0.15, 0.2) is 0 Å². The number of carbonyl (C=O) groups is 8. The summed E-state index contributed by atoms with van der Waals surface area (Å²) in [6.07, 6.45) is 0.0659. The van der Waals surface area contributed by atoms with Gasteiger partial charge in [-0.25, -0.2) is 0 Å². The number of likely N-dealkylation sites (N-methyl/N-ethyl adjacent to an activating group) is 1. The van der Waals surface area contributed by atoms with Crippen LogP contribution in [0.3, 0.4) is 0 Å². The lowest BCUT2D eigenvalue weighted by atomic mass is 10.1. The zero-order valence-electron chi connectivity index (χ0n) is 25.7. The third-order valence-electron chi connectivity index (χ3n) is 7.63. The normalized spacial score (nSPS) is 21.2. The molecular formula is C27H44N8O9. The van der Waals surface area contributed by atoms with Crippen LogP contribution in [0, 0.1) is 0 Å². The van der Waals surface area contributed by atoms with Crippen LogP contribution in [0.15, 0.2) is 0 Å². The zero-order valence-corrected chi connectivity index (χ0v) is 25.7. The molecule has 0 bridgehead atoms. The first-order valence-electron chi connectivity index (χ1n) is 14.6. The fraction of sp³-hybridized carbons (Fsp3) is 0.704. The number of nitrogens with zero attached hydrogens (tertiary/aromatic N) is 2. The Bertz CT molecular complexity index is 1150. The summed E-state index contributed by atoms with van der Waals surface area (Å²) in [7, 11) is 1.45. The maximum Gasteiger partial charge on any atom is 0.245 e. The molecule has 0 radical (unpaired) electrons. The first-order valence-corrected chi connectivity index (χ1v) is 14.6. The molecule has 0 aromatic heterocycles. The average molecular weight is 625 g/mol. The van der Waals surface area contributed by atoms with Crippen molar-refractivity contribution < 1.29 is 43.5 Å². The van der Waals surface area contributed by atoms with Crippen molar-refractivity contribution in [3.8, 4) is 0 Å². The summed E-state index contributed by atoms with van der Waals surface area (Å²) in [5.74, 6) is -5.42. The van der Waals surface area contributed by atoms with E-state index in [0.29, 0.717) is 38.8 Å². The lowest BCUT2D eigenvalue weighted by molar-refractivity contribution is -0.141. The number of aliphatic hydroxyl groups is 1. The molecule has 0 aromatic rings. The number of rotatable bonds is 13. The van der Waals surface area contributed by atoms with Crippen LogP contribution >= 0.6 is 0 Å². The van der Waals surface area contributed by atoms with Gasteiger partial charge in [-0.1, -0.05) is 0 Å². The van der Waals surface area contributed by atoms with Gasteiger partial charge in [0.1, 0.15) is 36.3 Å². The second-order valence-corrected chi connectivity index (χ2v) is 11.1.